The molecule has 0 fully saturated rings. The molecular weight excluding hydrogens is 550 g/mol. The van der Waals surface area contributed by atoms with Gasteiger partial charge >= 0.3 is 5.97 Å². The number of phenolic OH excluding ortho intramolecular Hbond substituents is 1. The van der Waals surface area contributed by atoms with Crippen molar-refractivity contribution >= 4 is 34.6 Å². The first-order chi connectivity index (χ1) is 20.4. The maximum atomic E-state index is 13.8. The highest BCUT2D eigenvalue weighted by molar-refractivity contribution is 5.95. The number of benzene rings is 2. The van der Waals surface area contributed by atoms with E-state index < -0.39 is 47.9 Å². The topological polar surface area (TPSA) is 187 Å². The summed E-state index contributed by atoms with van der Waals surface area (Å²) < 4.78 is 0. The summed E-state index contributed by atoms with van der Waals surface area (Å²) in [6.07, 6.45) is 2.88. The van der Waals surface area contributed by atoms with Gasteiger partial charge in [-0.1, -0.05) is 64.4 Å². The number of aromatic amines is 1. The molecule has 0 saturated heterocycles. The van der Waals surface area contributed by atoms with Crippen molar-refractivity contribution in [3.05, 3.63) is 65.9 Å². The second-order valence-electron chi connectivity index (χ2n) is 11.5. The molecule has 5 atom stereocenters. The van der Waals surface area contributed by atoms with Gasteiger partial charge in [0, 0.05) is 23.5 Å². The summed E-state index contributed by atoms with van der Waals surface area (Å²) in [5.41, 5.74) is 8.60. The van der Waals surface area contributed by atoms with Crippen LogP contribution in [0.1, 0.15) is 51.7 Å². The van der Waals surface area contributed by atoms with Crippen molar-refractivity contribution in [2.75, 3.05) is 0 Å². The van der Waals surface area contributed by atoms with Gasteiger partial charge in [-0.15, -0.1) is 0 Å². The van der Waals surface area contributed by atoms with Gasteiger partial charge < -0.3 is 36.9 Å². The standard InChI is InChI=1S/C32H43N5O6/c1-5-19(4)28(32(42)43)37-31(41)26(14-18(2)3)36-30(40)27(16-21-17-34-25-9-7-6-8-23(21)25)35-29(39)24(33)15-20-10-12-22(38)13-11-20/h6-13,17-19,24,26-28,34,38H,5,14-16,33H2,1-4H3,(H,35,39)(H,36,40)(H,37,41)(H,42,43). The molecule has 11 nitrogen and oxygen atoms in total. The smallest absolute Gasteiger partial charge is 0.326 e. The molecule has 0 radical (unpaired) electrons. The molecule has 2 aromatic carbocycles. The van der Waals surface area contributed by atoms with E-state index >= 15 is 0 Å². The van der Waals surface area contributed by atoms with E-state index in [9.17, 15) is 29.4 Å². The minimum absolute atomic E-state index is 0.00307. The number of hydrogen-bond acceptors (Lipinski definition) is 6. The second kappa shape index (κ2) is 15.2. The zero-order chi connectivity index (χ0) is 31.7. The molecule has 11 heteroatoms. The number of para-hydroxylation sites is 1. The molecule has 232 valence electrons. The molecule has 0 aliphatic rings. The predicted molar refractivity (Wildman–Crippen MR) is 164 cm³/mol. The highest BCUT2D eigenvalue weighted by Crippen LogP contribution is 2.20. The maximum absolute atomic E-state index is 13.8. The summed E-state index contributed by atoms with van der Waals surface area (Å²) >= 11 is 0. The largest absolute Gasteiger partial charge is 0.508 e. The second-order valence-corrected chi connectivity index (χ2v) is 11.5. The number of carboxylic acids is 1. The molecule has 3 amide bonds. The summed E-state index contributed by atoms with van der Waals surface area (Å²) in [4.78, 5) is 55.3. The van der Waals surface area contributed by atoms with Crippen LogP contribution in [0.15, 0.2) is 54.7 Å². The number of hydrogen-bond donors (Lipinski definition) is 7. The molecule has 1 aromatic heterocycles. The van der Waals surface area contributed by atoms with Gasteiger partial charge in [-0.25, -0.2) is 4.79 Å². The number of aromatic hydroxyl groups is 1. The molecule has 3 rings (SSSR count). The number of aliphatic carboxylic acids is 1. The highest BCUT2D eigenvalue weighted by atomic mass is 16.4. The lowest BCUT2D eigenvalue weighted by atomic mass is 9.97. The van der Waals surface area contributed by atoms with Gasteiger partial charge in [0.25, 0.3) is 0 Å². The highest BCUT2D eigenvalue weighted by Gasteiger charge is 2.32. The molecule has 0 bridgehead atoms. The van der Waals surface area contributed by atoms with E-state index in [2.05, 4.69) is 20.9 Å². The molecule has 8 N–H and O–H groups in total. The Bertz CT molecular complexity index is 1400. The van der Waals surface area contributed by atoms with Crippen LogP contribution in [-0.2, 0) is 32.0 Å². The Kier molecular flexibility index (Phi) is 11.7. The lowest BCUT2D eigenvalue weighted by Crippen LogP contribution is -2.58. The van der Waals surface area contributed by atoms with Crippen LogP contribution in [0.3, 0.4) is 0 Å². The predicted octanol–water partition coefficient (Wildman–Crippen LogP) is 2.62. The monoisotopic (exact) mass is 593 g/mol. The van der Waals surface area contributed by atoms with Crippen molar-refractivity contribution in [2.45, 2.75) is 77.5 Å². The lowest BCUT2D eigenvalue weighted by molar-refractivity contribution is -0.144. The Morgan fingerprint density at radius 1 is 0.860 bits per heavy atom. The Morgan fingerprint density at radius 2 is 1.49 bits per heavy atom. The number of rotatable bonds is 15. The van der Waals surface area contributed by atoms with Crippen molar-refractivity contribution in [3.8, 4) is 5.75 Å². The van der Waals surface area contributed by atoms with Crippen LogP contribution in [0.5, 0.6) is 5.75 Å². The summed E-state index contributed by atoms with van der Waals surface area (Å²) in [6.45, 7) is 7.36. The third-order valence-corrected chi connectivity index (χ3v) is 7.58. The first kappa shape index (κ1) is 33.1. The SMILES string of the molecule is CCC(C)C(NC(=O)C(CC(C)C)NC(=O)C(Cc1c[nH]c2ccccc12)NC(=O)C(N)Cc1ccc(O)cc1)C(=O)O. The number of carboxylic acid groups (broad SMARTS) is 1. The van der Waals surface area contributed by atoms with Crippen LogP contribution in [0.4, 0.5) is 0 Å². The van der Waals surface area contributed by atoms with E-state index in [4.69, 9.17) is 5.73 Å². The Labute approximate surface area is 251 Å². The van der Waals surface area contributed by atoms with Gasteiger partial charge in [0.15, 0.2) is 0 Å². The summed E-state index contributed by atoms with van der Waals surface area (Å²) in [5, 5.41) is 28.2. The van der Waals surface area contributed by atoms with E-state index in [1.807, 2.05) is 45.0 Å². The maximum Gasteiger partial charge on any atom is 0.326 e. The molecule has 0 saturated carbocycles. The van der Waals surface area contributed by atoms with Crippen LogP contribution in [0.25, 0.3) is 10.9 Å². The fourth-order valence-corrected chi connectivity index (χ4v) is 4.90. The average molecular weight is 594 g/mol. The fraction of sp³-hybridized carbons (Fsp3) is 0.438. The number of aromatic nitrogens is 1. The average Bonchev–Trinajstić information content (AvgIpc) is 3.38. The minimum atomic E-state index is -1.15. The molecule has 1 heterocycles. The van der Waals surface area contributed by atoms with Gasteiger partial charge in [0.05, 0.1) is 6.04 Å². The number of phenols is 1. The number of H-pyrrole nitrogens is 1. The Balaban J connectivity index is 1.84. The van der Waals surface area contributed by atoms with Gasteiger partial charge in [0.2, 0.25) is 17.7 Å². The van der Waals surface area contributed by atoms with E-state index in [0.29, 0.717) is 6.42 Å². The number of amides is 3. The zero-order valence-corrected chi connectivity index (χ0v) is 25.1. The first-order valence-electron chi connectivity index (χ1n) is 14.6. The summed E-state index contributed by atoms with van der Waals surface area (Å²) in [7, 11) is 0. The Morgan fingerprint density at radius 3 is 2.12 bits per heavy atom. The van der Waals surface area contributed by atoms with Crippen molar-refractivity contribution in [2.24, 2.45) is 17.6 Å². The van der Waals surface area contributed by atoms with E-state index in [1.54, 1.807) is 25.3 Å². The van der Waals surface area contributed by atoms with Crippen molar-refractivity contribution in [1.29, 1.82) is 0 Å². The molecule has 3 aromatic rings. The van der Waals surface area contributed by atoms with Crippen LogP contribution in [-0.4, -0.2) is 63.1 Å². The van der Waals surface area contributed by atoms with Gasteiger partial charge in [-0.2, -0.15) is 0 Å². The number of nitrogens with two attached hydrogens (primary N) is 1. The van der Waals surface area contributed by atoms with Crippen LogP contribution >= 0.6 is 0 Å². The third kappa shape index (κ3) is 9.31. The van der Waals surface area contributed by atoms with Crippen LogP contribution in [0.2, 0.25) is 0 Å². The van der Waals surface area contributed by atoms with Gasteiger partial charge in [-0.05, 0) is 54.0 Å². The molecule has 0 aliphatic heterocycles. The van der Waals surface area contributed by atoms with Crippen molar-refractivity contribution in [1.82, 2.24) is 20.9 Å². The molecule has 43 heavy (non-hydrogen) atoms. The van der Waals surface area contributed by atoms with Crippen molar-refractivity contribution < 1.29 is 29.4 Å². The normalized spacial score (nSPS) is 14.8. The van der Waals surface area contributed by atoms with E-state index in [0.717, 1.165) is 22.0 Å². The van der Waals surface area contributed by atoms with Crippen molar-refractivity contribution in [3.63, 3.8) is 0 Å². The number of nitrogens with one attached hydrogen (secondary N) is 4. The van der Waals surface area contributed by atoms with Gasteiger partial charge in [-0.3, -0.25) is 14.4 Å². The summed E-state index contributed by atoms with van der Waals surface area (Å²) in [5.74, 6) is -3.12. The zero-order valence-electron chi connectivity index (χ0n) is 25.1. The molecule has 5 unspecified atom stereocenters. The number of fused-ring (bicyclic) bond motifs is 1. The molecule has 0 spiro atoms. The fourth-order valence-electron chi connectivity index (χ4n) is 4.90. The quantitative estimate of drug-likeness (QED) is 0.141. The van der Waals surface area contributed by atoms with Crippen LogP contribution < -0.4 is 21.7 Å². The molecular formula is C32H43N5O6. The number of carbonyl (C=O) groups is 4. The Hall–Kier alpha value is -4.38. The van der Waals surface area contributed by atoms with Gasteiger partial charge in [0.1, 0.15) is 23.9 Å². The number of carbonyl (C=O) groups excluding carboxylic acids is 3. The lowest BCUT2D eigenvalue weighted by Gasteiger charge is -2.27. The first-order valence-corrected chi connectivity index (χ1v) is 14.6. The summed E-state index contributed by atoms with van der Waals surface area (Å²) in [6, 6.07) is 9.71. The van der Waals surface area contributed by atoms with E-state index in [-0.39, 0.29) is 36.8 Å². The minimum Gasteiger partial charge on any atom is -0.508 e. The van der Waals surface area contributed by atoms with E-state index in [1.165, 1.54) is 12.1 Å². The molecule has 0 aliphatic carbocycles. The van der Waals surface area contributed by atoms with Crippen LogP contribution in [0, 0.1) is 11.8 Å². The third-order valence-electron chi connectivity index (χ3n) is 7.58.